The van der Waals surface area contributed by atoms with Gasteiger partial charge in [0, 0.05) is 11.6 Å². The molecule has 1 saturated heterocycles. The van der Waals surface area contributed by atoms with Gasteiger partial charge >= 0.3 is 0 Å². The minimum absolute atomic E-state index is 0.115. The smallest absolute Gasteiger partial charge is 0.288 e. The molecule has 0 aromatic rings. The van der Waals surface area contributed by atoms with Gasteiger partial charge in [-0.15, -0.1) is 0 Å². The first-order valence-electron chi connectivity index (χ1n) is 6.79. The van der Waals surface area contributed by atoms with Gasteiger partial charge in [0.1, 0.15) is 6.04 Å². The minimum atomic E-state index is -0.374. The Balaban J connectivity index is 1.69. The molecule has 6 nitrogen and oxygen atoms in total. The summed E-state index contributed by atoms with van der Waals surface area (Å²) in [5, 5.41) is 6.28. The van der Waals surface area contributed by atoms with Crippen LogP contribution in [0.15, 0.2) is 33.8 Å². The Morgan fingerprint density at radius 1 is 1.35 bits per heavy atom. The number of rotatable bonds is 2. The molecule has 2 N–H and O–H groups in total. The minimum Gasteiger partial charge on any atom is -0.349 e. The van der Waals surface area contributed by atoms with Gasteiger partial charge in [0.2, 0.25) is 0 Å². The Bertz CT molecular complexity index is 554. The van der Waals surface area contributed by atoms with E-state index in [2.05, 4.69) is 20.6 Å². The molecule has 1 fully saturated rings. The van der Waals surface area contributed by atoms with Crippen molar-refractivity contribution in [2.24, 2.45) is 9.98 Å². The second-order valence-electron chi connectivity index (χ2n) is 5.05. The van der Waals surface area contributed by atoms with Crippen LogP contribution in [0.25, 0.3) is 0 Å². The van der Waals surface area contributed by atoms with Crippen molar-refractivity contribution < 1.29 is 9.59 Å². The highest BCUT2D eigenvalue weighted by Gasteiger charge is 2.23. The lowest BCUT2D eigenvalue weighted by Gasteiger charge is -2.24. The molecular weight excluding hydrogens is 256 g/mol. The van der Waals surface area contributed by atoms with E-state index in [9.17, 15) is 9.59 Å². The molecule has 6 heteroatoms. The number of piperidine rings is 1. The highest BCUT2D eigenvalue weighted by molar-refractivity contribution is 6.33. The molecule has 3 aliphatic rings. The van der Waals surface area contributed by atoms with Crippen LogP contribution in [0.3, 0.4) is 0 Å². The maximum atomic E-state index is 12.2. The van der Waals surface area contributed by atoms with Crippen molar-refractivity contribution in [3.8, 4) is 0 Å². The fourth-order valence-electron chi connectivity index (χ4n) is 2.49. The van der Waals surface area contributed by atoms with Crippen LogP contribution in [-0.2, 0) is 9.59 Å². The fraction of sp³-hybridized carbons (Fsp3) is 0.429. The van der Waals surface area contributed by atoms with Crippen LogP contribution in [-0.4, -0.2) is 48.9 Å². The average molecular weight is 272 g/mol. The second kappa shape index (κ2) is 5.50. The molecule has 0 bridgehead atoms. The number of hydrogen-bond donors (Lipinski definition) is 2. The van der Waals surface area contributed by atoms with Gasteiger partial charge in [-0.05, 0) is 32.0 Å². The van der Waals surface area contributed by atoms with Gasteiger partial charge in [0.05, 0.1) is 11.9 Å². The van der Waals surface area contributed by atoms with Crippen molar-refractivity contribution in [1.29, 1.82) is 0 Å². The summed E-state index contributed by atoms with van der Waals surface area (Å²) in [6, 6.07) is -0.0214. The lowest BCUT2D eigenvalue weighted by molar-refractivity contribution is -0.118. The monoisotopic (exact) mass is 272 g/mol. The molecule has 1 aliphatic carbocycles. The van der Waals surface area contributed by atoms with Crippen molar-refractivity contribution in [1.82, 2.24) is 10.6 Å². The molecule has 1 unspecified atom stereocenters. The molecule has 104 valence electrons. The van der Waals surface area contributed by atoms with E-state index in [0.29, 0.717) is 11.3 Å². The van der Waals surface area contributed by atoms with Crippen molar-refractivity contribution in [3.05, 3.63) is 23.8 Å². The van der Waals surface area contributed by atoms with E-state index in [1.54, 1.807) is 18.2 Å². The van der Waals surface area contributed by atoms with Gasteiger partial charge in [0.15, 0.2) is 0 Å². The number of fused-ring (bicyclic) bond motifs is 1. The third kappa shape index (κ3) is 2.75. The molecule has 20 heavy (non-hydrogen) atoms. The summed E-state index contributed by atoms with van der Waals surface area (Å²) >= 11 is 0. The number of carbonyl (C=O) groups is 2. The van der Waals surface area contributed by atoms with E-state index in [1.165, 1.54) is 6.21 Å². The quantitative estimate of drug-likeness (QED) is 0.728. The Morgan fingerprint density at radius 2 is 2.15 bits per heavy atom. The maximum absolute atomic E-state index is 12.2. The highest BCUT2D eigenvalue weighted by atomic mass is 16.2. The van der Waals surface area contributed by atoms with Crippen molar-refractivity contribution >= 4 is 23.7 Å². The van der Waals surface area contributed by atoms with Crippen LogP contribution in [0.4, 0.5) is 0 Å². The molecule has 1 atom stereocenters. The van der Waals surface area contributed by atoms with Crippen LogP contribution in [0, 0.1) is 0 Å². The van der Waals surface area contributed by atoms with Crippen molar-refractivity contribution in [2.45, 2.75) is 24.9 Å². The predicted molar refractivity (Wildman–Crippen MR) is 76.0 cm³/mol. The topological polar surface area (TPSA) is 82.9 Å². The third-order valence-corrected chi connectivity index (χ3v) is 3.59. The fourth-order valence-corrected chi connectivity index (χ4v) is 2.49. The number of hydrogen-bond acceptors (Lipinski definition) is 4. The van der Waals surface area contributed by atoms with E-state index in [4.69, 9.17) is 0 Å². The number of amides is 2. The second-order valence-corrected chi connectivity index (χ2v) is 5.05. The lowest BCUT2D eigenvalue weighted by Crippen LogP contribution is -2.43. The van der Waals surface area contributed by atoms with Gasteiger partial charge in [-0.1, -0.05) is 12.2 Å². The summed E-state index contributed by atoms with van der Waals surface area (Å²) in [5.41, 5.74) is 1.07. The Morgan fingerprint density at radius 3 is 2.95 bits per heavy atom. The molecule has 3 rings (SSSR count). The molecule has 2 aliphatic heterocycles. The van der Waals surface area contributed by atoms with Crippen LogP contribution in [0.5, 0.6) is 0 Å². The largest absolute Gasteiger partial charge is 0.349 e. The van der Waals surface area contributed by atoms with Crippen molar-refractivity contribution in [3.63, 3.8) is 0 Å². The molecule has 2 heterocycles. The summed E-state index contributed by atoms with van der Waals surface area (Å²) < 4.78 is 0. The average Bonchev–Trinajstić information content (AvgIpc) is 2.47. The molecule has 0 aromatic heterocycles. The van der Waals surface area contributed by atoms with E-state index >= 15 is 0 Å². The Kier molecular flexibility index (Phi) is 3.56. The van der Waals surface area contributed by atoms with Crippen LogP contribution < -0.4 is 10.6 Å². The SMILES string of the molecule is O=C1C=NC2C=CC(C(=O)NC3CCNCC3)=CC2=N1. The summed E-state index contributed by atoms with van der Waals surface area (Å²) in [7, 11) is 0. The molecule has 0 spiro atoms. The highest BCUT2D eigenvalue weighted by Crippen LogP contribution is 2.15. The number of aliphatic imine (C=N–C) groups is 2. The predicted octanol–water partition coefficient (Wildman–Crippen LogP) is -0.229. The summed E-state index contributed by atoms with van der Waals surface area (Å²) in [6.07, 6.45) is 8.28. The van der Waals surface area contributed by atoms with Gasteiger partial charge in [-0.3, -0.25) is 14.6 Å². The molecule has 2 amide bonds. The molecular formula is C14H16N4O2. The van der Waals surface area contributed by atoms with E-state index in [-0.39, 0.29) is 23.9 Å². The van der Waals surface area contributed by atoms with Crippen LogP contribution in [0.2, 0.25) is 0 Å². The summed E-state index contributed by atoms with van der Waals surface area (Å²) in [5.74, 6) is -0.489. The zero-order chi connectivity index (χ0) is 13.9. The lowest BCUT2D eigenvalue weighted by atomic mass is 9.99. The third-order valence-electron chi connectivity index (χ3n) is 3.59. The maximum Gasteiger partial charge on any atom is 0.288 e. The zero-order valence-corrected chi connectivity index (χ0v) is 11.0. The first-order valence-corrected chi connectivity index (χ1v) is 6.79. The number of nitrogens with zero attached hydrogens (tertiary/aromatic N) is 2. The van der Waals surface area contributed by atoms with Gasteiger partial charge < -0.3 is 10.6 Å². The standard InChI is InChI=1S/C14H16N4O2/c19-13-8-16-11-2-1-9(7-12(11)18-13)14(20)17-10-3-5-15-6-4-10/h1-2,7-8,10-11,15H,3-6H2,(H,17,20). The molecule has 0 saturated carbocycles. The van der Waals surface area contributed by atoms with E-state index in [1.807, 2.05) is 0 Å². The first kappa shape index (κ1) is 12.9. The summed E-state index contributed by atoms with van der Waals surface area (Å²) in [4.78, 5) is 31.4. The van der Waals surface area contributed by atoms with E-state index < -0.39 is 0 Å². The number of nitrogens with one attached hydrogen (secondary N) is 2. The first-order chi connectivity index (χ1) is 9.72. The normalized spacial score (nSPS) is 25.8. The Hall–Kier alpha value is -2.08. The molecule has 0 radical (unpaired) electrons. The zero-order valence-electron chi connectivity index (χ0n) is 11.0. The van der Waals surface area contributed by atoms with Gasteiger partial charge in [0.25, 0.3) is 11.8 Å². The summed E-state index contributed by atoms with van der Waals surface area (Å²) in [6.45, 7) is 1.86. The van der Waals surface area contributed by atoms with Crippen LogP contribution in [0.1, 0.15) is 12.8 Å². The van der Waals surface area contributed by atoms with Gasteiger partial charge in [-0.2, -0.15) is 0 Å². The van der Waals surface area contributed by atoms with Gasteiger partial charge in [-0.25, -0.2) is 4.99 Å². The van der Waals surface area contributed by atoms with Crippen LogP contribution >= 0.6 is 0 Å². The molecule has 0 aromatic carbocycles. The number of carbonyl (C=O) groups excluding carboxylic acids is 2. The van der Waals surface area contributed by atoms with E-state index in [0.717, 1.165) is 25.9 Å². The Labute approximate surface area is 116 Å². The van der Waals surface area contributed by atoms with Crippen molar-refractivity contribution in [2.75, 3.05) is 13.1 Å².